The third kappa shape index (κ3) is 2.73. The van der Waals surface area contributed by atoms with Gasteiger partial charge >= 0.3 is 15.3 Å². The Labute approximate surface area is 141 Å². The minimum absolute atomic E-state index is 0.0538. The van der Waals surface area contributed by atoms with Gasteiger partial charge in [0, 0.05) is 9.99 Å². The van der Waals surface area contributed by atoms with Crippen molar-refractivity contribution in [2.75, 3.05) is 0 Å². The van der Waals surface area contributed by atoms with Gasteiger partial charge in [-0.15, -0.1) is 5.10 Å². The van der Waals surface area contributed by atoms with Crippen LogP contribution in [0.5, 0.6) is 0 Å². The largest absolute Gasteiger partial charge is 0.505 e. The molecule has 0 radical (unpaired) electrons. The predicted octanol–water partition coefficient (Wildman–Crippen LogP) is 3.18. The first-order valence-electron chi connectivity index (χ1n) is 6.28. The first-order chi connectivity index (χ1) is 10.6. The van der Waals surface area contributed by atoms with E-state index in [-0.39, 0.29) is 6.42 Å². The molecule has 2 heterocycles. The Morgan fingerprint density at radius 3 is 2.61 bits per heavy atom. The minimum atomic E-state index is -5.70. The number of hydrogen-bond donors (Lipinski definition) is 0. The van der Waals surface area contributed by atoms with Crippen LogP contribution >= 0.6 is 22.6 Å². The van der Waals surface area contributed by atoms with Gasteiger partial charge in [0.1, 0.15) is 0 Å². The second-order valence-corrected chi connectivity index (χ2v) is 8.00. The third-order valence-electron chi connectivity index (χ3n) is 3.42. The maximum Gasteiger partial charge on any atom is 0.505 e. The standard InChI is InChI=1S/C12H8F4IN3O2S/c13-8-5-9(6-2-1-3-7(17)4-6)20-10(8)18-11(19-20)23(21,22)12(14,15)16/h1-4,8-9H,5H2/t8-,9-/m0/s1. The number of nitrogens with zero attached hydrogens (tertiary/aromatic N) is 3. The highest BCUT2D eigenvalue weighted by molar-refractivity contribution is 14.1. The summed E-state index contributed by atoms with van der Waals surface area (Å²) in [4.78, 5) is 3.28. The summed E-state index contributed by atoms with van der Waals surface area (Å²) in [5.74, 6) is -0.406. The zero-order valence-electron chi connectivity index (χ0n) is 11.1. The molecule has 23 heavy (non-hydrogen) atoms. The molecule has 5 nitrogen and oxygen atoms in total. The van der Waals surface area contributed by atoms with E-state index in [0.29, 0.717) is 5.56 Å². The van der Waals surface area contributed by atoms with Gasteiger partial charge in [0.15, 0.2) is 12.0 Å². The van der Waals surface area contributed by atoms with E-state index in [4.69, 9.17) is 0 Å². The Morgan fingerprint density at radius 2 is 2.00 bits per heavy atom. The molecule has 1 aromatic heterocycles. The van der Waals surface area contributed by atoms with Gasteiger partial charge in [-0.2, -0.15) is 18.2 Å². The summed E-state index contributed by atoms with van der Waals surface area (Å²) in [5, 5.41) is 2.00. The van der Waals surface area contributed by atoms with Crippen LogP contribution in [0.15, 0.2) is 29.4 Å². The Morgan fingerprint density at radius 1 is 1.30 bits per heavy atom. The molecule has 11 heteroatoms. The monoisotopic (exact) mass is 461 g/mol. The summed E-state index contributed by atoms with van der Waals surface area (Å²) in [6, 6.07) is 6.22. The number of hydrogen-bond acceptors (Lipinski definition) is 4. The van der Waals surface area contributed by atoms with Crippen molar-refractivity contribution in [1.82, 2.24) is 14.8 Å². The first kappa shape index (κ1) is 16.6. The predicted molar refractivity (Wildman–Crippen MR) is 79.0 cm³/mol. The van der Waals surface area contributed by atoms with Gasteiger partial charge in [-0.1, -0.05) is 12.1 Å². The van der Waals surface area contributed by atoms with Crippen LogP contribution in [-0.2, 0) is 9.84 Å². The summed E-state index contributed by atoms with van der Waals surface area (Å²) in [7, 11) is -5.70. The highest BCUT2D eigenvalue weighted by atomic mass is 127. The summed E-state index contributed by atoms with van der Waals surface area (Å²) < 4.78 is 76.3. The fraction of sp³-hybridized carbons (Fsp3) is 0.333. The molecule has 0 amide bonds. The SMILES string of the molecule is O=S(=O)(c1nc2n(n1)[C@H](c1cccc(I)c1)C[C@@H]2F)C(F)(F)F. The van der Waals surface area contributed by atoms with E-state index in [1.165, 1.54) is 0 Å². The number of halogens is 5. The highest BCUT2D eigenvalue weighted by Crippen LogP contribution is 2.41. The fourth-order valence-electron chi connectivity index (χ4n) is 2.37. The van der Waals surface area contributed by atoms with Crippen molar-refractivity contribution >= 4 is 32.4 Å². The average Bonchev–Trinajstić information content (AvgIpc) is 2.99. The molecule has 0 saturated heterocycles. The molecule has 0 bridgehead atoms. The van der Waals surface area contributed by atoms with Crippen molar-refractivity contribution in [3.63, 3.8) is 0 Å². The van der Waals surface area contributed by atoms with Crippen LogP contribution in [0.2, 0.25) is 0 Å². The molecule has 1 aliphatic heterocycles. The molecule has 0 N–H and O–H groups in total. The Balaban J connectivity index is 2.08. The van der Waals surface area contributed by atoms with Crippen LogP contribution < -0.4 is 0 Å². The number of aromatic nitrogens is 3. The second kappa shape index (κ2) is 5.40. The molecule has 1 aliphatic rings. The van der Waals surface area contributed by atoms with E-state index >= 15 is 0 Å². The quantitative estimate of drug-likeness (QED) is 0.510. The Hall–Kier alpha value is -1.24. The van der Waals surface area contributed by atoms with Crippen molar-refractivity contribution in [2.45, 2.75) is 29.3 Å². The van der Waals surface area contributed by atoms with Gasteiger partial charge < -0.3 is 0 Å². The van der Waals surface area contributed by atoms with Crippen molar-refractivity contribution in [1.29, 1.82) is 0 Å². The van der Waals surface area contributed by atoms with E-state index in [2.05, 4.69) is 10.1 Å². The number of benzene rings is 1. The van der Waals surface area contributed by atoms with Gasteiger partial charge in [-0.05, 0) is 40.3 Å². The van der Waals surface area contributed by atoms with Crippen molar-refractivity contribution in [3.05, 3.63) is 39.2 Å². The topological polar surface area (TPSA) is 64.8 Å². The van der Waals surface area contributed by atoms with Crippen LogP contribution in [0, 0.1) is 3.57 Å². The molecule has 2 atom stereocenters. The molecular formula is C12H8F4IN3O2S. The Kier molecular flexibility index (Phi) is 3.90. The number of fused-ring (bicyclic) bond motifs is 1. The van der Waals surface area contributed by atoms with Crippen LogP contribution in [0.1, 0.15) is 30.0 Å². The lowest BCUT2D eigenvalue weighted by molar-refractivity contribution is -0.0440. The summed E-state index contributed by atoms with van der Waals surface area (Å²) >= 11 is 2.04. The number of sulfone groups is 1. The lowest BCUT2D eigenvalue weighted by Crippen LogP contribution is -2.25. The van der Waals surface area contributed by atoms with E-state index in [1.807, 2.05) is 22.6 Å². The third-order valence-corrected chi connectivity index (χ3v) is 5.36. The zero-order valence-corrected chi connectivity index (χ0v) is 14.1. The first-order valence-corrected chi connectivity index (χ1v) is 8.85. The molecule has 0 saturated carbocycles. The maximum atomic E-state index is 14.0. The van der Waals surface area contributed by atoms with Gasteiger partial charge in [-0.25, -0.2) is 17.5 Å². The fourth-order valence-corrected chi connectivity index (χ4v) is 3.55. The van der Waals surface area contributed by atoms with Crippen molar-refractivity contribution in [2.24, 2.45) is 0 Å². The molecule has 0 spiro atoms. The molecule has 0 aliphatic carbocycles. The van der Waals surface area contributed by atoms with Crippen LogP contribution in [0.25, 0.3) is 0 Å². The zero-order chi connectivity index (χ0) is 17.0. The lowest BCUT2D eigenvalue weighted by Gasteiger charge is -2.12. The molecule has 124 valence electrons. The molecule has 1 aromatic carbocycles. The minimum Gasteiger partial charge on any atom is -0.239 e. The van der Waals surface area contributed by atoms with E-state index in [9.17, 15) is 26.0 Å². The second-order valence-electron chi connectivity index (χ2n) is 4.92. The average molecular weight is 461 g/mol. The molecule has 0 unspecified atom stereocenters. The van der Waals surface area contributed by atoms with E-state index < -0.39 is 38.5 Å². The molecule has 0 fully saturated rings. The van der Waals surface area contributed by atoms with Crippen molar-refractivity contribution < 1.29 is 26.0 Å². The summed E-state index contributed by atoms with van der Waals surface area (Å²) in [6.07, 6.45) is -1.73. The normalized spacial score (nSPS) is 21.4. The number of rotatable bonds is 2. The molecular weight excluding hydrogens is 453 g/mol. The Bertz CT molecular complexity index is 865. The van der Waals surface area contributed by atoms with Crippen LogP contribution in [-0.4, -0.2) is 28.7 Å². The van der Waals surface area contributed by atoms with E-state index in [1.54, 1.807) is 24.3 Å². The number of alkyl halides is 4. The van der Waals surface area contributed by atoms with Gasteiger partial charge in [0.2, 0.25) is 0 Å². The molecule has 2 aromatic rings. The summed E-state index contributed by atoms with van der Waals surface area (Å²) in [5.41, 5.74) is -4.90. The summed E-state index contributed by atoms with van der Waals surface area (Å²) in [6.45, 7) is 0. The molecule has 3 rings (SSSR count). The van der Waals surface area contributed by atoms with Gasteiger partial charge in [0.05, 0.1) is 6.04 Å². The van der Waals surface area contributed by atoms with Crippen LogP contribution in [0.3, 0.4) is 0 Å². The van der Waals surface area contributed by atoms with Gasteiger partial charge in [-0.3, -0.25) is 0 Å². The lowest BCUT2D eigenvalue weighted by atomic mass is 10.0. The van der Waals surface area contributed by atoms with Crippen molar-refractivity contribution in [3.8, 4) is 0 Å². The van der Waals surface area contributed by atoms with Gasteiger partial charge in [0.25, 0.3) is 5.16 Å². The van der Waals surface area contributed by atoms with E-state index in [0.717, 1.165) is 8.25 Å². The maximum absolute atomic E-state index is 14.0. The van der Waals surface area contributed by atoms with Crippen LogP contribution in [0.4, 0.5) is 17.6 Å². The smallest absolute Gasteiger partial charge is 0.239 e. The highest BCUT2D eigenvalue weighted by Gasteiger charge is 2.51.